The fraction of sp³-hybridized carbons (Fsp3) is 0.154. The highest BCUT2D eigenvalue weighted by molar-refractivity contribution is 5.34. The van der Waals surface area contributed by atoms with E-state index < -0.39 is 23.6 Å². The van der Waals surface area contributed by atoms with Crippen molar-refractivity contribution in [1.29, 1.82) is 0 Å². The van der Waals surface area contributed by atoms with E-state index in [1.807, 2.05) is 0 Å². The van der Waals surface area contributed by atoms with Crippen LogP contribution in [0.3, 0.4) is 0 Å². The summed E-state index contributed by atoms with van der Waals surface area (Å²) in [4.78, 5) is 3.66. The first-order valence-corrected chi connectivity index (χ1v) is 5.65. The van der Waals surface area contributed by atoms with Crippen LogP contribution in [0.4, 0.5) is 17.6 Å². The SMILES string of the molecule is NNC(c1cncc(F)c1)c1cccc(C(F)(F)F)c1. The Kier molecular flexibility index (Phi) is 4.01. The summed E-state index contributed by atoms with van der Waals surface area (Å²) in [5, 5.41) is 0. The highest BCUT2D eigenvalue weighted by Crippen LogP contribution is 2.31. The lowest BCUT2D eigenvalue weighted by atomic mass is 9.99. The summed E-state index contributed by atoms with van der Waals surface area (Å²) in [6.07, 6.45) is -2.10. The van der Waals surface area contributed by atoms with Crippen molar-refractivity contribution >= 4 is 0 Å². The number of nitrogens with two attached hydrogens (primary N) is 1. The van der Waals surface area contributed by atoms with E-state index in [2.05, 4.69) is 10.4 Å². The number of pyridine rings is 1. The Morgan fingerprint density at radius 3 is 2.45 bits per heavy atom. The maximum Gasteiger partial charge on any atom is 0.416 e. The molecule has 7 heteroatoms. The van der Waals surface area contributed by atoms with Crippen molar-refractivity contribution in [3.05, 3.63) is 65.2 Å². The van der Waals surface area contributed by atoms with Gasteiger partial charge in [0.25, 0.3) is 0 Å². The third kappa shape index (κ3) is 3.12. The predicted octanol–water partition coefficient (Wildman–Crippen LogP) is 2.79. The number of nitrogens with zero attached hydrogens (tertiary/aromatic N) is 1. The molecule has 1 unspecified atom stereocenters. The quantitative estimate of drug-likeness (QED) is 0.518. The van der Waals surface area contributed by atoms with Crippen LogP contribution < -0.4 is 11.3 Å². The normalized spacial score (nSPS) is 13.2. The smallest absolute Gasteiger partial charge is 0.271 e. The third-order valence-corrected chi connectivity index (χ3v) is 2.77. The minimum absolute atomic E-state index is 0.273. The molecule has 106 valence electrons. The first-order chi connectivity index (χ1) is 9.41. The van der Waals surface area contributed by atoms with Crippen LogP contribution in [0, 0.1) is 5.82 Å². The minimum atomic E-state index is -4.45. The van der Waals surface area contributed by atoms with E-state index in [0.29, 0.717) is 5.56 Å². The van der Waals surface area contributed by atoms with Gasteiger partial charge in [0.05, 0.1) is 17.8 Å². The monoisotopic (exact) mass is 285 g/mol. The maximum atomic E-state index is 13.1. The molecule has 0 saturated carbocycles. The molecule has 2 rings (SSSR count). The molecule has 0 saturated heterocycles. The molecule has 3 nitrogen and oxygen atoms in total. The second-order valence-electron chi connectivity index (χ2n) is 4.16. The lowest BCUT2D eigenvalue weighted by molar-refractivity contribution is -0.137. The zero-order chi connectivity index (χ0) is 14.8. The second-order valence-corrected chi connectivity index (χ2v) is 4.16. The Morgan fingerprint density at radius 1 is 1.10 bits per heavy atom. The summed E-state index contributed by atoms with van der Waals surface area (Å²) in [5.74, 6) is 4.78. The van der Waals surface area contributed by atoms with Crippen LogP contribution in [0.2, 0.25) is 0 Å². The molecule has 0 radical (unpaired) electrons. The summed E-state index contributed by atoms with van der Waals surface area (Å²) in [7, 11) is 0. The molecule has 1 aromatic carbocycles. The number of alkyl halides is 3. The van der Waals surface area contributed by atoms with Gasteiger partial charge in [-0.2, -0.15) is 13.2 Å². The Bertz CT molecular complexity index is 598. The molecule has 1 heterocycles. The van der Waals surface area contributed by atoms with Crippen molar-refractivity contribution in [2.24, 2.45) is 5.84 Å². The topological polar surface area (TPSA) is 50.9 Å². The fourth-order valence-electron chi connectivity index (χ4n) is 1.87. The van der Waals surface area contributed by atoms with Crippen molar-refractivity contribution in [3.63, 3.8) is 0 Å². The van der Waals surface area contributed by atoms with Gasteiger partial charge < -0.3 is 0 Å². The second kappa shape index (κ2) is 5.56. The highest BCUT2D eigenvalue weighted by Gasteiger charge is 2.31. The van der Waals surface area contributed by atoms with E-state index in [9.17, 15) is 17.6 Å². The van der Waals surface area contributed by atoms with Gasteiger partial charge in [-0.1, -0.05) is 12.1 Å². The van der Waals surface area contributed by atoms with Crippen LogP contribution in [0.25, 0.3) is 0 Å². The van der Waals surface area contributed by atoms with E-state index in [1.165, 1.54) is 18.3 Å². The van der Waals surface area contributed by atoms with Gasteiger partial charge in [-0.15, -0.1) is 0 Å². The summed E-state index contributed by atoms with van der Waals surface area (Å²) in [6, 6.07) is 5.06. The number of rotatable bonds is 3. The van der Waals surface area contributed by atoms with Crippen molar-refractivity contribution in [1.82, 2.24) is 10.4 Å². The Hall–Kier alpha value is -1.99. The standard InChI is InChI=1S/C13H11F4N3/c14-11-5-9(6-19-7-11)12(20-18)8-2-1-3-10(4-8)13(15,16)17/h1-7,12,20H,18H2. The number of nitrogens with one attached hydrogen (secondary N) is 1. The zero-order valence-electron chi connectivity index (χ0n) is 10.2. The molecule has 0 aliphatic carbocycles. The summed E-state index contributed by atoms with van der Waals surface area (Å²) in [6.45, 7) is 0. The maximum absolute atomic E-state index is 13.1. The number of aromatic nitrogens is 1. The number of hydrogen-bond acceptors (Lipinski definition) is 3. The van der Waals surface area contributed by atoms with Gasteiger partial charge in [0, 0.05) is 6.20 Å². The summed E-state index contributed by atoms with van der Waals surface area (Å²) in [5.41, 5.74) is 2.19. The fourth-order valence-corrected chi connectivity index (χ4v) is 1.87. The van der Waals surface area contributed by atoms with Crippen LogP contribution in [-0.2, 0) is 6.18 Å². The molecule has 2 aromatic rings. The summed E-state index contributed by atoms with van der Waals surface area (Å²) >= 11 is 0. The molecular formula is C13H11F4N3. The van der Waals surface area contributed by atoms with Crippen molar-refractivity contribution in [3.8, 4) is 0 Å². The number of hydrazine groups is 1. The Morgan fingerprint density at radius 2 is 1.85 bits per heavy atom. The molecule has 1 atom stereocenters. The van der Waals surface area contributed by atoms with Crippen molar-refractivity contribution in [2.75, 3.05) is 0 Å². The Labute approximate surface area is 112 Å². The van der Waals surface area contributed by atoms with E-state index in [-0.39, 0.29) is 5.56 Å². The van der Waals surface area contributed by atoms with E-state index >= 15 is 0 Å². The lowest BCUT2D eigenvalue weighted by Crippen LogP contribution is -2.29. The molecule has 0 amide bonds. The zero-order valence-corrected chi connectivity index (χ0v) is 10.2. The average Bonchev–Trinajstić information content (AvgIpc) is 2.39. The van der Waals surface area contributed by atoms with Crippen LogP contribution in [0.5, 0.6) is 0 Å². The lowest BCUT2D eigenvalue weighted by Gasteiger charge is -2.18. The highest BCUT2D eigenvalue weighted by atomic mass is 19.4. The van der Waals surface area contributed by atoms with Gasteiger partial charge in [0.1, 0.15) is 5.82 Å². The van der Waals surface area contributed by atoms with Gasteiger partial charge in [-0.25, -0.2) is 9.82 Å². The first-order valence-electron chi connectivity index (χ1n) is 5.65. The predicted molar refractivity (Wildman–Crippen MR) is 64.8 cm³/mol. The van der Waals surface area contributed by atoms with Crippen molar-refractivity contribution in [2.45, 2.75) is 12.2 Å². The summed E-state index contributed by atoms with van der Waals surface area (Å²) < 4.78 is 51.2. The Balaban J connectivity index is 2.42. The van der Waals surface area contributed by atoms with Gasteiger partial charge in [0.2, 0.25) is 0 Å². The molecular weight excluding hydrogens is 274 g/mol. The molecule has 0 aliphatic rings. The van der Waals surface area contributed by atoms with Crippen LogP contribution in [-0.4, -0.2) is 4.98 Å². The molecule has 0 bridgehead atoms. The molecule has 3 N–H and O–H groups in total. The average molecular weight is 285 g/mol. The number of benzene rings is 1. The van der Waals surface area contributed by atoms with E-state index in [1.54, 1.807) is 0 Å². The third-order valence-electron chi connectivity index (χ3n) is 2.77. The van der Waals surface area contributed by atoms with Gasteiger partial charge in [0.15, 0.2) is 0 Å². The first kappa shape index (κ1) is 14.4. The van der Waals surface area contributed by atoms with Gasteiger partial charge in [-0.3, -0.25) is 10.8 Å². The van der Waals surface area contributed by atoms with Crippen molar-refractivity contribution < 1.29 is 17.6 Å². The number of halogens is 4. The molecule has 0 fully saturated rings. The molecule has 20 heavy (non-hydrogen) atoms. The van der Waals surface area contributed by atoms with Crippen LogP contribution >= 0.6 is 0 Å². The van der Waals surface area contributed by atoms with Crippen LogP contribution in [0.1, 0.15) is 22.7 Å². The largest absolute Gasteiger partial charge is 0.416 e. The molecule has 1 aromatic heterocycles. The van der Waals surface area contributed by atoms with E-state index in [0.717, 1.165) is 24.4 Å². The minimum Gasteiger partial charge on any atom is -0.271 e. The van der Waals surface area contributed by atoms with Gasteiger partial charge >= 0.3 is 6.18 Å². The van der Waals surface area contributed by atoms with E-state index in [4.69, 9.17) is 5.84 Å². The van der Waals surface area contributed by atoms with Gasteiger partial charge in [-0.05, 0) is 29.3 Å². The molecule has 0 spiro atoms. The molecule has 0 aliphatic heterocycles. The van der Waals surface area contributed by atoms with Crippen LogP contribution in [0.15, 0.2) is 42.7 Å². The number of hydrogen-bond donors (Lipinski definition) is 2.